The molecule has 0 aromatic carbocycles. The van der Waals surface area contributed by atoms with Gasteiger partial charge in [0, 0.05) is 51.4 Å². The van der Waals surface area contributed by atoms with Gasteiger partial charge in [-0.1, -0.05) is 0 Å². The van der Waals surface area contributed by atoms with Crippen LogP contribution in [0.3, 0.4) is 0 Å². The van der Waals surface area contributed by atoms with E-state index in [4.69, 9.17) is 9.72 Å². The third kappa shape index (κ3) is 3.74. The number of nitrogens with one attached hydrogen (secondary N) is 1. The van der Waals surface area contributed by atoms with Gasteiger partial charge in [0.05, 0.1) is 11.9 Å². The van der Waals surface area contributed by atoms with Crippen molar-refractivity contribution >= 4 is 11.7 Å². The molecular weight excluding hydrogens is 280 g/mol. The van der Waals surface area contributed by atoms with Gasteiger partial charge in [-0.15, -0.1) is 0 Å². The van der Waals surface area contributed by atoms with Crippen LogP contribution >= 0.6 is 0 Å². The van der Waals surface area contributed by atoms with E-state index in [0.717, 1.165) is 63.5 Å². The SMILES string of the molecule is CC(=O)N1CCC[C@H](c2cncc(NC3CCOCC3)n2)C1. The van der Waals surface area contributed by atoms with Crippen LogP contribution in [0.5, 0.6) is 0 Å². The van der Waals surface area contributed by atoms with E-state index in [0.29, 0.717) is 12.0 Å². The number of rotatable bonds is 3. The summed E-state index contributed by atoms with van der Waals surface area (Å²) in [6, 6.07) is 0.415. The summed E-state index contributed by atoms with van der Waals surface area (Å²) >= 11 is 0. The lowest BCUT2D eigenvalue weighted by atomic mass is 9.95. The first-order valence-electron chi connectivity index (χ1n) is 8.14. The summed E-state index contributed by atoms with van der Waals surface area (Å²) in [5, 5.41) is 3.46. The van der Waals surface area contributed by atoms with E-state index in [-0.39, 0.29) is 5.91 Å². The summed E-state index contributed by atoms with van der Waals surface area (Å²) < 4.78 is 5.38. The van der Waals surface area contributed by atoms with Crippen LogP contribution in [0.1, 0.15) is 44.2 Å². The summed E-state index contributed by atoms with van der Waals surface area (Å²) in [6.07, 6.45) is 7.73. The summed E-state index contributed by atoms with van der Waals surface area (Å²) in [4.78, 5) is 22.5. The minimum atomic E-state index is 0.147. The number of amides is 1. The van der Waals surface area contributed by atoms with Crippen LogP contribution < -0.4 is 5.32 Å². The molecule has 22 heavy (non-hydrogen) atoms. The number of hydrogen-bond donors (Lipinski definition) is 1. The Morgan fingerprint density at radius 1 is 1.32 bits per heavy atom. The van der Waals surface area contributed by atoms with Gasteiger partial charge in [-0.3, -0.25) is 9.78 Å². The highest BCUT2D eigenvalue weighted by Crippen LogP contribution is 2.26. The molecule has 0 radical (unpaired) electrons. The lowest BCUT2D eigenvalue weighted by molar-refractivity contribution is -0.130. The number of carbonyl (C=O) groups excluding carboxylic acids is 1. The molecule has 0 bridgehead atoms. The predicted octanol–water partition coefficient (Wildman–Crippen LogP) is 1.79. The number of aromatic nitrogens is 2. The lowest BCUT2D eigenvalue weighted by Crippen LogP contribution is -2.38. The summed E-state index contributed by atoms with van der Waals surface area (Å²) in [5.74, 6) is 1.28. The molecule has 0 spiro atoms. The number of likely N-dealkylation sites (tertiary alicyclic amines) is 1. The number of hydrogen-bond acceptors (Lipinski definition) is 5. The van der Waals surface area contributed by atoms with Crippen molar-refractivity contribution in [3.63, 3.8) is 0 Å². The average molecular weight is 304 g/mol. The lowest BCUT2D eigenvalue weighted by Gasteiger charge is -2.31. The summed E-state index contributed by atoms with van der Waals surface area (Å²) in [5.41, 5.74) is 0.989. The van der Waals surface area contributed by atoms with Crippen LogP contribution in [0, 0.1) is 0 Å². The molecule has 120 valence electrons. The third-order valence-electron chi connectivity index (χ3n) is 4.51. The van der Waals surface area contributed by atoms with E-state index < -0.39 is 0 Å². The molecule has 2 fully saturated rings. The number of anilines is 1. The average Bonchev–Trinajstić information content (AvgIpc) is 2.56. The predicted molar refractivity (Wildman–Crippen MR) is 83.7 cm³/mol. The smallest absolute Gasteiger partial charge is 0.219 e. The second-order valence-electron chi connectivity index (χ2n) is 6.16. The summed E-state index contributed by atoms with van der Waals surface area (Å²) in [7, 11) is 0. The van der Waals surface area contributed by atoms with Crippen LogP contribution in [0.25, 0.3) is 0 Å². The van der Waals surface area contributed by atoms with Crippen molar-refractivity contribution in [2.24, 2.45) is 0 Å². The van der Waals surface area contributed by atoms with Crippen molar-refractivity contribution in [2.45, 2.75) is 44.6 Å². The fourth-order valence-corrected chi connectivity index (χ4v) is 3.20. The van der Waals surface area contributed by atoms with Gasteiger partial charge in [0.2, 0.25) is 5.91 Å². The van der Waals surface area contributed by atoms with Crippen LogP contribution in [0.15, 0.2) is 12.4 Å². The molecule has 2 aliphatic heterocycles. The van der Waals surface area contributed by atoms with Gasteiger partial charge in [0.25, 0.3) is 0 Å². The minimum absolute atomic E-state index is 0.147. The van der Waals surface area contributed by atoms with Gasteiger partial charge < -0.3 is 15.0 Å². The number of ether oxygens (including phenoxy) is 1. The number of nitrogens with zero attached hydrogens (tertiary/aromatic N) is 3. The Labute approximate surface area is 131 Å². The fraction of sp³-hybridized carbons (Fsp3) is 0.688. The minimum Gasteiger partial charge on any atom is -0.381 e. The van der Waals surface area contributed by atoms with Crippen LogP contribution in [0.4, 0.5) is 5.82 Å². The van der Waals surface area contributed by atoms with E-state index in [1.165, 1.54) is 0 Å². The van der Waals surface area contributed by atoms with E-state index in [9.17, 15) is 4.79 Å². The van der Waals surface area contributed by atoms with Gasteiger partial charge in [0.1, 0.15) is 5.82 Å². The summed E-state index contributed by atoms with van der Waals surface area (Å²) in [6.45, 7) is 4.86. The van der Waals surface area contributed by atoms with Gasteiger partial charge >= 0.3 is 0 Å². The molecule has 0 aliphatic carbocycles. The van der Waals surface area contributed by atoms with E-state index >= 15 is 0 Å². The van der Waals surface area contributed by atoms with Crippen molar-refractivity contribution in [1.82, 2.24) is 14.9 Å². The normalized spacial score (nSPS) is 23.3. The van der Waals surface area contributed by atoms with Crippen molar-refractivity contribution in [1.29, 1.82) is 0 Å². The Hall–Kier alpha value is -1.69. The molecule has 1 aromatic rings. The molecule has 6 heteroatoms. The Morgan fingerprint density at radius 3 is 2.91 bits per heavy atom. The van der Waals surface area contributed by atoms with E-state index in [1.807, 2.05) is 11.1 Å². The second-order valence-corrected chi connectivity index (χ2v) is 6.16. The van der Waals surface area contributed by atoms with Crippen molar-refractivity contribution in [3.05, 3.63) is 18.1 Å². The highest BCUT2D eigenvalue weighted by molar-refractivity contribution is 5.73. The maximum Gasteiger partial charge on any atom is 0.219 e. The van der Waals surface area contributed by atoms with E-state index in [1.54, 1.807) is 13.1 Å². The first-order valence-corrected chi connectivity index (χ1v) is 8.14. The van der Waals surface area contributed by atoms with Crippen LogP contribution in [-0.2, 0) is 9.53 Å². The molecule has 3 rings (SSSR count). The van der Waals surface area contributed by atoms with Gasteiger partial charge in [-0.25, -0.2) is 4.98 Å². The van der Waals surface area contributed by atoms with Gasteiger partial charge in [-0.2, -0.15) is 0 Å². The molecule has 0 saturated carbocycles. The topological polar surface area (TPSA) is 67.4 Å². The molecule has 1 N–H and O–H groups in total. The Bertz CT molecular complexity index is 517. The van der Waals surface area contributed by atoms with Gasteiger partial charge in [0.15, 0.2) is 0 Å². The highest BCUT2D eigenvalue weighted by atomic mass is 16.5. The van der Waals surface area contributed by atoms with Crippen molar-refractivity contribution in [2.75, 3.05) is 31.6 Å². The molecule has 2 aliphatic rings. The van der Waals surface area contributed by atoms with Crippen LogP contribution in [0.2, 0.25) is 0 Å². The molecule has 1 atom stereocenters. The Kier molecular flexibility index (Phi) is 4.87. The molecule has 0 unspecified atom stereocenters. The largest absolute Gasteiger partial charge is 0.381 e. The zero-order valence-corrected chi connectivity index (χ0v) is 13.1. The molecule has 1 amide bonds. The first kappa shape index (κ1) is 15.2. The fourth-order valence-electron chi connectivity index (χ4n) is 3.20. The Morgan fingerprint density at radius 2 is 2.14 bits per heavy atom. The van der Waals surface area contributed by atoms with E-state index in [2.05, 4.69) is 10.3 Å². The van der Waals surface area contributed by atoms with Gasteiger partial charge in [-0.05, 0) is 25.7 Å². The van der Waals surface area contributed by atoms with Crippen LogP contribution in [-0.4, -0.2) is 53.1 Å². The number of carbonyl (C=O) groups is 1. The maximum atomic E-state index is 11.6. The molecular formula is C16H24N4O2. The maximum absolute atomic E-state index is 11.6. The highest BCUT2D eigenvalue weighted by Gasteiger charge is 2.24. The number of piperidine rings is 1. The van der Waals surface area contributed by atoms with Crippen molar-refractivity contribution < 1.29 is 9.53 Å². The zero-order chi connectivity index (χ0) is 15.4. The zero-order valence-electron chi connectivity index (χ0n) is 13.1. The monoisotopic (exact) mass is 304 g/mol. The standard InChI is InChI=1S/C16H24N4O2/c1-12(21)20-6-2-3-13(11-20)15-9-17-10-16(19-15)18-14-4-7-22-8-5-14/h9-10,13-14H,2-8,11H2,1H3,(H,18,19)/t13-/m0/s1. The second kappa shape index (κ2) is 7.05. The van der Waals surface area contributed by atoms with Crippen molar-refractivity contribution in [3.8, 4) is 0 Å². The molecule has 2 saturated heterocycles. The Balaban J connectivity index is 1.66. The quantitative estimate of drug-likeness (QED) is 0.922. The molecule has 3 heterocycles. The first-order chi connectivity index (χ1) is 10.7. The molecule has 6 nitrogen and oxygen atoms in total. The molecule has 1 aromatic heterocycles. The third-order valence-corrected chi connectivity index (χ3v) is 4.51.